The monoisotopic (exact) mass is 284 g/mol. The van der Waals surface area contributed by atoms with Gasteiger partial charge in [-0.15, -0.1) is 0 Å². The molecule has 0 aliphatic rings. The molecule has 1 aromatic carbocycles. The summed E-state index contributed by atoms with van der Waals surface area (Å²) in [6.07, 6.45) is 3.39. The number of rotatable bonds is 3. The molecule has 4 nitrogen and oxygen atoms in total. The van der Waals surface area contributed by atoms with Gasteiger partial charge in [-0.25, -0.2) is 5.43 Å². The molecule has 3 rings (SSSR count). The Morgan fingerprint density at radius 1 is 1.05 bits per heavy atom. The van der Waals surface area contributed by atoms with Crippen LogP contribution < -0.4 is 11.3 Å². The maximum absolute atomic E-state index is 5.88. The van der Waals surface area contributed by atoms with Gasteiger partial charge in [-0.05, 0) is 29.8 Å². The van der Waals surface area contributed by atoms with Crippen LogP contribution in [0.25, 0.3) is 10.9 Å². The lowest BCUT2D eigenvalue weighted by Gasteiger charge is -2.17. The number of nitrogens with two attached hydrogens (primary N) is 1. The fraction of sp³-hybridized carbons (Fsp3) is 0.0667. The summed E-state index contributed by atoms with van der Waals surface area (Å²) in [7, 11) is 0. The summed E-state index contributed by atoms with van der Waals surface area (Å²) in [6, 6.07) is 13.4. The highest BCUT2D eigenvalue weighted by atomic mass is 35.5. The van der Waals surface area contributed by atoms with Gasteiger partial charge in [0.25, 0.3) is 0 Å². The molecule has 1 atom stereocenters. The second-order valence-corrected chi connectivity index (χ2v) is 4.85. The van der Waals surface area contributed by atoms with Crippen molar-refractivity contribution in [3.05, 3.63) is 71.1 Å². The van der Waals surface area contributed by atoms with Crippen molar-refractivity contribution in [3.8, 4) is 0 Å². The van der Waals surface area contributed by atoms with Gasteiger partial charge in [0.05, 0.1) is 22.3 Å². The lowest BCUT2D eigenvalue weighted by atomic mass is 9.99. The van der Waals surface area contributed by atoms with Gasteiger partial charge in [0.15, 0.2) is 0 Å². The second kappa shape index (κ2) is 5.54. The molecule has 100 valence electrons. The highest BCUT2D eigenvalue weighted by molar-refractivity contribution is 6.30. The number of halogens is 1. The molecule has 0 fully saturated rings. The Hall–Kier alpha value is -2.01. The minimum absolute atomic E-state index is 0.208. The number of fused-ring (bicyclic) bond motifs is 1. The predicted molar refractivity (Wildman–Crippen MR) is 80.2 cm³/mol. The Kier molecular flexibility index (Phi) is 3.60. The molecule has 0 saturated heterocycles. The molecule has 2 aromatic heterocycles. The Balaban J connectivity index is 2.14. The molecular formula is C15H13ClN4. The van der Waals surface area contributed by atoms with E-state index in [1.165, 1.54) is 0 Å². The zero-order valence-corrected chi connectivity index (χ0v) is 11.4. The molecule has 3 N–H and O–H groups in total. The number of pyridine rings is 2. The van der Waals surface area contributed by atoms with Gasteiger partial charge < -0.3 is 0 Å². The Bertz CT molecular complexity index is 722. The molecule has 0 aliphatic heterocycles. The van der Waals surface area contributed by atoms with E-state index in [-0.39, 0.29) is 6.04 Å². The van der Waals surface area contributed by atoms with Gasteiger partial charge in [-0.3, -0.25) is 15.8 Å². The Labute approximate surface area is 121 Å². The van der Waals surface area contributed by atoms with Crippen molar-refractivity contribution in [3.63, 3.8) is 0 Å². The van der Waals surface area contributed by atoms with Gasteiger partial charge in [0.1, 0.15) is 0 Å². The Morgan fingerprint density at radius 3 is 2.70 bits per heavy atom. The number of hydrogen-bond donors (Lipinski definition) is 2. The third kappa shape index (κ3) is 2.36. The molecule has 0 spiro atoms. The van der Waals surface area contributed by atoms with E-state index in [9.17, 15) is 0 Å². The number of benzene rings is 1. The highest BCUT2D eigenvalue weighted by Crippen LogP contribution is 2.27. The van der Waals surface area contributed by atoms with Crippen LogP contribution in [0.3, 0.4) is 0 Å². The summed E-state index contributed by atoms with van der Waals surface area (Å²) >= 11 is 5.88. The first-order valence-electron chi connectivity index (χ1n) is 6.21. The van der Waals surface area contributed by atoms with E-state index in [1.807, 2.05) is 36.4 Å². The molecule has 0 aliphatic carbocycles. The van der Waals surface area contributed by atoms with E-state index in [0.29, 0.717) is 5.02 Å². The van der Waals surface area contributed by atoms with Gasteiger partial charge >= 0.3 is 0 Å². The van der Waals surface area contributed by atoms with E-state index < -0.39 is 0 Å². The quantitative estimate of drug-likeness (QED) is 0.573. The average molecular weight is 285 g/mol. The van der Waals surface area contributed by atoms with Gasteiger partial charge in [-0.1, -0.05) is 29.8 Å². The van der Waals surface area contributed by atoms with Crippen molar-refractivity contribution in [1.82, 2.24) is 15.4 Å². The summed E-state index contributed by atoms with van der Waals surface area (Å²) in [5.41, 5.74) is 5.59. The third-order valence-electron chi connectivity index (χ3n) is 3.20. The van der Waals surface area contributed by atoms with Crippen LogP contribution in [0.15, 0.2) is 54.9 Å². The zero-order valence-electron chi connectivity index (χ0n) is 10.6. The van der Waals surface area contributed by atoms with Crippen molar-refractivity contribution < 1.29 is 0 Å². The van der Waals surface area contributed by atoms with Crippen molar-refractivity contribution >= 4 is 22.5 Å². The van der Waals surface area contributed by atoms with Crippen molar-refractivity contribution in [2.24, 2.45) is 5.84 Å². The van der Waals surface area contributed by atoms with Crippen LogP contribution >= 0.6 is 11.6 Å². The van der Waals surface area contributed by atoms with E-state index in [2.05, 4.69) is 15.4 Å². The second-order valence-electron chi connectivity index (χ2n) is 4.42. The van der Waals surface area contributed by atoms with Crippen molar-refractivity contribution in [2.45, 2.75) is 6.04 Å². The van der Waals surface area contributed by atoms with Crippen LogP contribution in [0.1, 0.15) is 17.3 Å². The molecular weight excluding hydrogens is 272 g/mol. The molecule has 2 heterocycles. The summed E-state index contributed by atoms with van der Waals surface area (Å²) in [4.78, 5) is 8.69. The lowest BCUT2D eigenvalue weighted by molar-refractivity contribution is 0.624. The fourth-order valence-corrected chi connectivity index (χ4v) is 2.38. The highest BCUT2D eigenvalue weighted by Gasteiger charge is 2.16. The van der Waals surface area contributed by atoms with Crippen molar-refractivity contribution in [1.29, 1.82) is 0 Å². The van der Waals surface area contributed by atoms with E-state index in [4.69, 9.17) is 17.4 Å². The smallest absolute Gasteiger partial charge is 0.0887 e. The Morgan fingerprint density at radius 2 is 1.95 bits per heavy atom. The number of hydrogen-bond acceptors (Lipinski definition) is 4. The molecule has 3 aromatic rings. The summed E-state index contributed by atoms with van der Waals surface area (Å²) in [5, 5.41) is 1.65. The summed E-state index contributed by atoms with van der Waals surface area (Å²) in [6.45, 7) is 0. The molecule has 0 radical (unpaired) electrons. The molecule has 0 bridgehead atoms. The first kappa shape index (κ1) is 13.0. The van der Waals surface area contributed by atoms with Crippen LogP contribution in [0.2, 0.25) is 5.02 Å². The first-order valence-corrected chi connectivity index (χ1v) is 6.58. The van der Waals surface area contributed by atoms with Crippen LogP contribution in [-0.2, 0) is 0 Å². The van der Waals surface area contributed by atoms with Gasteiger partial charge in [-0.2, -0.15) is 0 Å². The maximum Gasteiger partial charge on any atom is 0.0887 e. The molecule has 5 heteroatoms. The number of aromatic nitrogens is 2. The minimum Gasteiger partial charge on any atom is -0.271 e. The largest absolute Gasteiger partial charge is 0.271 e. The van der Waals surface area contributed by atoms with Crippen molar-refractivity contribution in [2.75, 3.05) is 0 Å². The predicted octanol–water partition coefficient (Wildman–Crippen LogP) is 2.84. The maximum atomic E-state index is 5.88. The van der Waals surface area contributed by atoms with Crippen LogP contribution in [0.5, 0.6) is 0 Å². The number of nitrogens with zero attached hydrogens (tertiary/aromatic N) is 2. The third-order valence-corrected chi connectivity index (χ3v) is 3.43. The fourth-order valence-electron chi connectivity index (χ4n) is 2.27. The number of nitrogens with one attached hydrogen (secondary N) is 1. The van der Waals surface area contributed by atoms with Crippen LogP contribution in [-0.4, -0.2) is 9.97 Å². The van der Waals surface area contributed by atoms with Gasteiger partial charge in [0, 0.05) is 17.8 Å². The standard InChI is InChI=1S/C15H13ClN4/c16-10-6-7-14(19-9-10)15(20-17)12-3-1-5-13-11(12)4-2-8-18-13/h1-9,15,20H,17H2. The minimum atomic E-state index is -0.208. The van der Waals surface area contributed by atoms with E-state index in [1.54, 1.807) is 18.5 Å². The summed E-state index contributed by atoms with van der Waals surface area (Å²) in [5.74, 6) is 5.72. The van der Waals surface area contributed by atoms with Crippen LogP contribution in [0, 0.1) is 0 Å². The topological polar surface area (TPSA) is 63.8 Å². The van der Waals surface area contributed by atoms with E-state index in [0.717, 1.165) is 22.2 Å². The molecule has 1 unspecified atom stereocenters. The normalized spacial score (nSPS) is 12.5. The average Bonchev–Trinajstić information content (AvgIpc) is 2.50. The molecule has 0 saturated carbocycles. The molecule has 20 heavy (non-hydrogen) atoms. The van der Waals surface area contributed by atoms with Crippen LogP contribution in [0.4, 0.5) is 0 Å². The SMILES string of the molecule is NNC(c1ccc(Cl)cn1)c1cccc2ncccc12. The first-order chi connectivity index (χ1) is 9.79. The van der Waals surface area contributed by atoms with Gasteiger partial charge in [0.2, 0.25) is 0 Å². The zero-order chi connectivity index (χ0) is 13.9. The number of hydrazine groups is 1. The van der Waals surface area contributed by atoms with E-state index >= 15 is 0 Å². The molecule has 0 amide bonds. The summed E-state index contributed by atoms with van der Waals surface area (Å²) < 4.78 is 0. The lowest BCUT2D eigenvalue weighted by Crippen LogP contribution is -2.29.